The summed E-state index contributed by atoms with van der Waals surface area (Å²) in [6.45, 7) is 1.53. The number of aromatic amines is 1. The zero-order valence-corrected chi connectivity index (χ0v) is 13.3. The number of rotatable bonds is 4. The van der Waals surface area contributed by atoms with E-state index in [4.69, 9.17) is 27.9 Å². The highest BCUT2D eigenvalue weighted by Crippen LogP contribution is 2.23. The molecule has 1 fully saturated rings. The summed E-state index contributed by atoms with van der Waals surface area (Å²) >= 11 is 11.7. The molecule has 2 heterocycles. The Bertz CT molecular complexity index is 472. The van der Waals surface area contributed by atoms with E-state index in [-0.39, 0.29) is 12.0 Å². The number of nitrogens with one attached hydrogen (secondary N) is 1. The molecule has 5 nitrogen and oxygen atoms in total. The van der Waals surface area contributed by atoms with Crippen LogP contribution in [-0.2, 0) is 4.74 Å². The lowest BCUT2D eigenvalue weighted by atomic mass is 10.2. The summed E-state index contributed by atoms with van der Waals surface area (Å²) < 4.78 is 5.37. The van der Waals surface area contributed by atoms with Crippen LogP contribution in [0.3, 0.4) is 0 Å². The molecule has 0 aromatic carbocycles. The van der Waals surface area contributed by atoms with E-state index in [1.54, 1.807) is 25.1 Å². The van der Waals surface area contributed by atoms with Crippen molar-refractivity contribution in [2.75, 3.05) is 34.3 Å². The normalized spacial score (nSPS) is 23.2. The number of likely N-dealkylation sites (N-methyl/N-ethyl adjacent to an activating group) is 2. The maximum Gasteiger partial charge on any atom is 0.270 e. The molecule has 1 aliphatic heterocycles. The summed E-state index contributed by atoms with van der Waals surface area (Å²) in [6.07, 6.45) is 1.17. The van der Waals surface area contributed by atoms with Crippen molar-refractivity contribution in [1.82, 2.24) is 14.8 Å². The summed E-state index contributed by atoms with van der Waals surface area (Å²) in [5.74, 6) is -0.118. The Hall–Kier alpha value is -0.750. The third-order valence-electron chi connectivity index (χ3n) is 3.77. The number of aromatic nitrogens is 1. The molecule has 1 N–H and O–H groups in total. The Kier molecular flexibility index (Phi) is 4.96. The first-order chi connectivity index (χ1) is 9.42. The van der Waals surface area contributed by atoms with E-state index in [1.165, 1.54) is 0 Å². The first kappa shape index (κ1) is 15.6. The van der Waals surface area contributed by atoms with Crippen molar-refractivity contribution in [2.45, 2.75) is 18.6 Å². The van der Waals surface area contributed by atoms with Gasteiger partial charge in [0.15, 0.2) is 0 Å². The van der Waals surface area contributed by atoms with Crippen molar-refractivity contribution in [3.63, 3.8) is 0 Å². The summed E-state index contributed by atoms with van der Waals surface area (Å²) in [4.78, 5) is 19.0. The summed E-state index contributed by atoms with van der Waals surface area (Å²) in [5, 5.41) is 0.654. The van der Waals surface area contributed by atoms with E-state index in [9.17, 15) is 4.79 Å². The highest BCUT2D eigenvalue weighted by atomic mass is 35.5. The maximum absolute atomic E-state index is 12.3. The van der Waals surface area contributed by atoms with E-state index in [0.29, 0.717) is 28.5 Å². The molecule has 0 radical (unpaired) electrons. The molecule has 20 heavy (non-hydrogen) atoms. The van der Waals surface area contributed by atoms with Gasteiger partial charge in [-0.05, 0) is 19.5 Å². The molecule has 1 aromatic heterocycles. The lowest BCUT2D eigenvalue weighted by Gasteiger charge is -2.25. The fourth-order valence-corrected chi connectivity index (χ4v) is 2.85. The zero-order valence-electron chi connectivity index (χ0n) is 11.8. The molecule has 0 bridgehead atoms. The summed E-state index contributed by atoms with van der Waals surface area (Å²) in [6, 6.07) is 1.86. The van der Waals surface area contributed by atoms with E-state index in [2.05, 4.69) is 9.88 Å². The van der Waals surface area contributed by atoms with Crippen molar-refractivity contribution in [3.05, 3.63) is 21.9 Å². The number of carbonyl (C=O) groups is 1. The van der Waals surface area contributed by atoms with Gasteiger partial charge >= 0.3 is 0 Å². The highest BCUT2D eigenvalue weighted by Gasteiger charge is 2.31. The largest absolute Gasteiger partial charge is 0.380 e. The number of halogens is 2. The number of nitrogens with zero attached hydrogens (tertiary/aromatic N) is 2. The fraction of sp³-hybridized carbons (Fsp3) is 0.615. The second-order valence-electron chi connectivity index (χ2n) is 5.22. The van der Waals surface area contributed by atoms with Gasteiger partial charge in [-0.25, -0.2) is 0 Å². The lowest BCUT2D eigenvalue weighted by molar-refractivity contribution is 0.0755. The minimum atomic E-state index is -0.118. The minimum absolute atomic E-state index is 0.118. The first-order valence-corrected chi connectivity index (χ1v) is 7.20. The van der Waals surface area contributed by atoms with Crippen LogP contribution in [-0.4, -0.2) is 67.1 Å². The summed E-state index contributed by atoms with van der Waals surface area (Å²) in [5.41, 5.74) is 0.409. The average molecular weight is 320 g/mol. The molecule has 0 saturated carbocycles. The smallest absolute Gasteiger partial charge is 0.270 e. The monoisotopic (exact) mass is 319 g/mol. The van der Waals surface area contributed by atoms with Gasteiger partial charge in [0.05, 0.1) is 11.1 Å². The van der Waals surface area contributed by atoms with E-state index >= 15 is 0 Å². The predicted octanol–water partition coefficient (Wildman–Crippen LogP) is 2.11. The van der Waals surface area contributed by atoms with Crippen LogP contribution in [0.2, 0.25) is 10.2 Å². The molecule has 1 saturated heterocycles. The maximum atomic E-state index is 12.3. The van der Waals surface area contributed by atoms with Gasteiger partial charge in [0.25, 0.3) is 5.91 Å². The fourth-order valence-electron chi connectivity index (χ4n) is 2.54. The van der Waals surface area contributed by atoms with Gasteiger partial charge in [-0.2, -0.15) is 0 Å². The van der Waals surface area contributed by atoms with Crippen LogP contribution in [0.5, 0.6) is 0 Å². The number of hydrogen-bond acceptors (Lipinski definition) is 3. The lowest BCUT2D eigenvalue weighted by Crippen LogP contribution is -2.39. The van der Waals surface area contributed by atoms with E-state index < -0.39 is 0 Å². The molecule has 0 aliphatic carbocycles. The molecule has 2 rings (SSSR count). The van der Waals surface area contributed by atoms with Crippen molar-refractivity contribution >= 4 is 29.1 Å². The van der Waals surface area contributed by atoms with Crippen molar-refractivity contribution in [3.8, 4) is 0 Å². The molecule has 7 heteroatoms. The average Bonchev–Trinajstić information content (AvgIpc) is 2.93. The Morgan fingerprint density at radius 3 is 2.80 bits per heavy atom. The second kappa shape index (κ2) is 6.35. The molecular formula is C13H19Cl2N3O2. The molecular weight excluding hydrogens is 301 g/mol. The number of ether oxygens (including phenoxy) is 1. The number of methoxy groups -OCH3 is 1. The quantitative estimate of drug-likeness (QED) is 0.924. The summed E-state index contributed by atoms with van der Waals surface area (Å²) in [7, 11) is 5.54. The van der Waals surface area contributed by atoms with Crippen LogP contribution >= 0.6 is 23.2 Å². The molecule has 1 aromatic rings. The molecule has 0 unspecified atom stereocenters. The Morgan fingerprint density at radius 1 is 1.60 bits per heavy atom. The van der Waals surface area contributed by atoms with Crippen LogP contribution in [0, 0.1) is 0 Å². The molecule has 2 atom stereocenters. The highest BCUT2D eigenvalue weighted by molar-refractivity contribution is 6.41. The molecule has 112 valence electrons. The third kappa shape index (κ3) is 3.28. The Morgan fingerprint density at radius 2 is 2.30 bits per heavy atom. The zero-order chi connectivity index (χ0) is 14.9. The Balaban J connectivity index is 1.98. The number of hydrogen-bond donors (Lipinski definition) is 1. The predicted molar refractivity (Wildman–Crippen MR) is 79.6 cm³/mol. The third-order valence-corrected chi connectivity index (χ3v) is 4.46. The molecule has 1 amide bonds. The van der Waals surface area contributed by atoms with Gasteiger partial charge in [-0.15, -0.1) is 0 Å². The SMILES string of the molecule is CO[C@H]1C[C@@H](CN(C)C(=O)c2cc(Cl)c(Cl)[nH]2)N(C)C1. The van der Waals surface area contributed by atoms with Gasteiger partial charge in [0.2, 0.25) is 0 Å². The number of H-pyrrole nitrogens is 1. The van der Waals surface area contributed by atoms with E-state index in [1.807, 2.05) is 7.05 Å². The van der Waals surface area contributed by atoms with E-state index in [0.717, 1.165) is 13.0 Å². The van der Waals surface area contributed by atoms with Gasteiger partial charge < -0.3 is 14.6 Å². The minimum Gasteiger partial charge on any atom is -0.380 e. The number of likely N-dealkylation sites (tertiary alicyclic amines) is 1. The van der Waals surface area contributed by atoms with Crippen LogP contribution < -0.4 is 0 Å². The van der Waals surface area contributed by atoms with Gasteiger partial charge in [0, 0.05) is 33.3 Å². The standard InChI is InChI=1S/C13H19Cl2N3O2/c1-17-7-9(20-3)4-8(17)6-18(2)13(19)11-5-10(14)12(15)16-11/h5,8-9,16H,4,6-7H2,1-3H3/t8-,9-/m0/s1. The van der Waals surface area contributed by atoms with Gasteiger partial charge in [-0.3, -0.25) is 9.69 Å². The van der Waals surface area contributed by atoms with Crippen LogP contribution in [0.25, 0.3) is 0 Å². The van der Waals surface area contributed by atoms with Gasteiger partial charge in [0.1, 0.15) is 10.8 Å². The number of carbonyl (C=O) groups excluding carboxylic acids is 1. The number of amides is 1. The van der Waals surface area contributed by atoms with Crippen molar-refractivity contribution in [1.29, 1.82) is 0 Å². The molecule has 1 aliphatic rings. The second-order valence-corrected chi connectivity index (χ2v) is 6.00. The topological polar surface area (TPSA) is 48.6 Å². The van der Waals surface area contributed by atoms with Crippen molar-refractivity contribution < 1.29 is 9.53 Å². The Labute approximate surface area is 128 Å². The molecule has 0 spiro atoms. The van der Waals surface area contributed by atoms with Crippen LogP contribution in [0.15, 0.2) is 6.07 Å². The first-order valence-electron chi connectivity index (χ1n) is 6.45. The van der Waals surface area contributed by atoms with Gasteiger partial charge in [-0.1, -0.05) is 23.2 Å². The van der Waals surface area contributed by atoms with Crippen molar-refractivity contribution in [2.24, 2.45) is 0 Å². The van der Waals surface area contributed by atoms with Crippen LogP contribution in [0.1, 0.15) is 16.9 Å². The van der Waals surface area contributed by atoms with Crippen LogP contribution in [0.4, 0.5) is 0 Å².